The van der Waals surface area contributed by atoms with Gasteiger partial charge in [0.05, 0.1) is 18.1 Å². The van der Waals surface area contributed by atoms with E-state index in [9.17, 15) is 9.90 Å². The van der Waals surface area contributed by atoms with Crippen LogP contribution in [0.4, 0.5) is 0 Å². The highest BCUT2D eigenvalue weighted by atomic mass is 79.9. The van der Waals surface area contributed by atoms with Crippen LogP contribution in [0, 0.1) is 11.3 Å². The van der Waals surface area contributed by atoms with Crippen molar-refractivity contribution >= 4 is 32.7 Å². The van der Waals surface area contributed by atoms with Crippen LogP contribution in [0.5, 0.6) is 0 Å². The zero-order valence-electron chi connectivity index (χ0n) is 12.9. The third kappa shape index (κ3) is 3.26. The lowest BCUT2D eigenvalue weighted by Gasteiger charge is -2.21. The number of halogens is 1. The van der Waals surface area contributed by atoms with Gasteiger partial charge in [0.2, 0.25) is 5.91 Å². The van der Waals surface area contributed by atoms with E-state index < -0.39 is 6.23 Å². The van der Waals surface area contributed by atoms with Gasteiger partial charge in [0, 0.05) is 28.2 Å². The van der Waals surface area contributed by atoms with Crippen LogP contribution in [0.25, 0.3) is 10.9 Å². The first-order valence-corrected chi connectivity index (χ1v) is 8.55. The van der Waals surface area contributed by atoms with Gasteiger partial charge in [-0.1, -0.05) is 12.1 Å². The van der Waals surface area contributed by atoms with Crippen molar-refractivity contribution in [3.8, 4) is 6.07 Å². The van der Waals surface area contributed by atoms with Gasteiger partial charge in [-0.15, -0.1) is 0 Å². The van der Waals surface area contributed by atoms with Gasteiger partial charge in [0.15, 0.2) is 0 Å². The van der Waals surface area contributed by atoms with E-state index in [0.29, 0.717) is 18.5 Å². The fourth-order valence-corrected chi connectivity index (χ4v) is 3.46. The van der Waals surface area contributed by atoms with Crippen molar-refractivity contribution < 1.29 is 9.90 Å². The molecule has 7 heteroatoms. The number of carbonyl (C=O) groups is 1. The molecule has 1 saturated heterocycles. The molecule has 1 aromatic carbocycles. The predicted molar refractivity (Wildman–Crippen MR) is 92.8 cm³/mol. The van der Waals surface area contributed by atoms with Crippen molar-refractivity contribution in [1.29, 1.82) is 5.26 Å². The van der Waals surface area contributed by atoms with Gasteiger partial charge in [0.25, 0.3) is 0 Å². The Kier molecular flexibility index (Phi) is 5.09. The van der Waals surface area contributed by atoms with E-state index in [0.717, 1.165) is 21.8 Å². The number of nitrogens with one attached hydrogen (secondary N) is 1. The molecule has 1 amide bonds. The van der Waals surface area contributed by atoms with E-state index >= 15 is 0 Å². The summed E-state index contributed by atoms with van der Waals surface area (Å²) in [6.45, 7) is 0.580. The van der Waals surface area contributed by atoms with E-state index in [1.54, 1.807) is 17.2 Å². The Balaban J connectivity index is 1.72. The second kappa shape index (κ2) is 7.26. The van der Waals surface area contributed by atoms with Gasteiger partial charge >= 0.3 is 0 Å². The lowest BCUT2D eigenvalue weighted by atomic mass is 10.1. The number of pyridine rings is 1. The summed E-state index contributed by atoms with van der Waals surface area (Å²) in [5.74, 6) is -0.169. The number of nitrogens with zero attached hydrogens (tertiary/aromatic N) is 3. The fourth-order valence-electron chi connectivity index (χ4n) is 2.99. The average molecular weight is 389 g/mol. The number of nitriles is 1. The standard InChI is InChI=1S/C17H17BrN4O2/c18-14-5-1-4-12-13(6-7-20-16(12)14)17(24)21-10-15(23)22-8-2-3-11(22)9-19/h1,4-7,11,17,21,24H,2-3,8,10H2/t11-,17?/m0/s1. The number of fused-ring (bicyclic) bond motifs is 1. The van der Waals surface area contributed by atoms with Gasteiger partial charge < -0.3 is 10.0 Å². The number of carbonyl (C=O) groups excluding carboxylic acids is 1. The van der Waals surface area contributed by atoms with Crippen LogP contribution in [-0.4, -0.2) is 40.0 Å². The number of hydrogen-bond donors (Lipinski definition) is 2. The number of aliphatic hydroxyl groups excluding tert-OH is 1. The summed E-state index contributed by atoms with van der Waals surface area (Å²) in [7, 11) is 0. The number of aromatic nitrogens is 1. The van der Waals surface area contributed by atoms with E-state index in [1.165, 1.54) is 0 Å². The van der Waals surface area contributed by atoms with Crippen LogP contribution in [0.3, 0.4) is 0 Å². The molecule has 2 atom stereocenters. The first-order valence-electron chi connectivity index (χ1n) is 7.75. The molecule has 0 aliphatic carbocycles. The Bertz CT molecular complexity index is 805. The Hall–Kier alpha value is -2.01. The van der Waals surface area contributed by atoms with Crippen molar-refractivity contribution in [1.82, 2.24) is 15.2 Å². The van der Waals surface area contributed by atoms with E-state index in [-0.39, 0.29) is 18.5 Å². The number of aliphatic hydroxyl groups is 1. The predicted octanol–water partition coefficient (Wildman–Crippen LogP) is 2.09. The molecule has 0 radical (unpaired) electrons. The monoisotopic (exact) mass is 388 g/mol. The lowest BCUT2D eigenvalue weighted by molar-refractivity contribution is -0.130. The second-order valence-electron chi connectivity index (χ2n) is 5.69. The maximum atomic E-state index is 12.2. The van der Waals surface area contributed by atoms with Crippen LogP contribution in [0.2, 0.25) is 0 Å². The molecule has 1 aromatic heterocycles. The number of likely N-dealkylation sites (tertiary alicyclic amines) is 1. The van der Waals surface area contributed by atoms with Crippen LogP contribution in [0.15, 0.2) is 34.9 Å². The van der Waals surface area contributed by atoms with Gasteiger partial charge in [-0.2, -0.15) is 5.26 Å². The molecule has 24 heavy (non-hydrogen) atoms. The molecule has 2 N–H and O–H groups in total. The van der Waals surface area contributed by atoms with Gasteiger partial charge in [-0.05, 0) is 40.9 Å². The number of para-hydroxylation sites is 1. The summed E-state index contributed by atoms with van der Waals surface area (Å²) in [4.78, 5) is 18.1. The zero-order chi connectivity index (χ0) is 17.1. The molecule has 1 fully saturated rings. The van der Waals surface area contributed by atoms with Gasteiger partial charge in [0.1, 0.15) is 12.3 Å². The first kappa shape index (κ1) is 16.8. The minimum absolute atomic E-state index is 0.0167. The number of amides is 1. The lowest BCUT2D eigenvalue weighted by Crippen LogP contribution is -2.41. The highest BCUT2D eigenvalue weighted by Gasteiger charge is 2.28. The third-order valence-electron chi connectivity index (χ3n) is 4.22. The molecule has 0 saturated carbocycles. The van der Waals surface area contributed by atoms with Crippen LogP contribution < -0.4 is 5.32 Å². The second-order valence-corrected chi connectivity index (χ2v) is 6.55. The molecule has 1 unspecified atom stereocenters. The number of benzene rings is 1. The Morgan fingerprint density at radius 2 is 2.38 bits per heavy atom. The minimum Gasteiger partial charge on any atom is -0.374 e. The topological polar surface area (TPSA) is 89.2 Å². The summed E-state index contributed by atoms with van der Waals surface area (Å²) in [5, 5.41) is 23.2. The van der Waals surface area contributed by atoms with E-state index in [1.807, 2.05) is 18.2 Å². The SMILES string of the molecule is N#C[C@@H]1CCCN1C(=O)CNC(O)c1ccnc2c(Br)cccc12. The van der Waals surface area contributed by atoms with Crippen LogP contribution in [0.1, 0.15) is 24.6 Å². The summed E-state index contributed by atoms with van der Waals surface area (Å²) >= 11 is 3.45. The van der Waals surface area contributed by atoms with Crippen molar-refractivity contribution in [2.45, 2.75) is 25.1 Å². The average Bonchev–Trinajstić information content (AvgIpc) is 3.08. The van der Waals surface area contributed by atoms with Crippen LogP contribution in [-0.2, 0) is 4.79 Å². The largest absolute Gasteiger partial charge is 0.374 e. The summed E-state index contributed by atoms with van der Waals surface area (Å²) in [5.41, 5.74) is 1.42. The Morgan fingerprint density at radius 1 is 1.54 bits per heavy atom. The van der Waals surface area contributed by atoms with Crippen molar-refractivity contribution in [3.05, 3.63) is 40.5 Å². The third-order valence-corrected chi connectivity index (χ3v) is 4.86. The first-order chi connectivity index (χ1) is 11.6. The molecule has 3 rings (SSSR count). The van der Waals surface area contributed by atoms with Gasteiger partial charge in [-0.25, -0.2) is 0 Å². The Morgan fingerprint density at radius 3 is 3.17 bits per heavy atom. The molecule has 1 aliphatic heterocycles. The maximum Gasteiger partial charge on any atom is 0.237 e. The van der Waals surface area contributed by atoms with Crippen molar-refractivity contribution in [2.75, 3.05) is 13.1 Å². The molecular weight excluding hydrogens is 372 g/mol. The zero-order valence-corrected chi connectivity index (χ0v) is 14.5. The highest BCUT2D eigenvalue weighted by Crippen LogP contribution is 2.27. The molecule has 1 aliphatic rings. The molecule has 0 bridgehead atoms. The normalized spacial score (nSPS) is 18.5. The quantitative estimate of drug-likeness (QED) is 0.782. The Labute approximate surface area is 148 Å². The number of hydrogen-bond acceptors (Lipinski definition) is 5. The maximum absolute atomic E-state index is 12.2. The van der Waals surface area contributed by atoms with Crippen LogP contribution >= 0.6 is 15.9 Å². The molecule has 2 aromatic rings. The molecular formula is C17H17BrN4O2. The highest BCUT2D eigenvalue weighted by molar-refractivity contribution is 9.10. The molecule has 0 spiro atoms. The fraction of sp³-hybridized carbons (Fsp3) is 0.353. The van der Waals surface area contributed by atoms with E-state index in [4.69, 9.17) is 5.26 Å². The molecule has 124 valence electrons. The van der Waals surface area contributed by atoms with Crippen molar-refractivity contribution in [3.63, 3.8) is 0 Å². The van der Waals surface area contributed by atoms with Gasteiger partial charge in [-0.3, -0.25) is 15.1 Å². The van der Waals surface area contributed by atoms with Crippen molar-refractivity contribution in [2.24, 2.45) is 0 Å². The minimum atomic E-state index is -0.989. The summed E-state index contributed by atoms with van der Waals surface area (Å²) in [6, 6.07) is 9.16. The molecule has 2 heterocycles. The smallest absolute Gasteiger partial charge is 0.237 e. The summed E-state index contributed by atoms with van der Waals surface area (Å²) in [6.07, 6.45) is 2.20. The molecule has 6 nitrogen and oxygen atoms in total. The summed E-state index contributed by atoms with van der Waals surface area (Å²) < 4.78 is 0.846. The van der Waals surface area contributed by atoms with E-state index in [2.05, 4.69) is 32.3 Å². The number of rotatable bonds is 4.